The highest BCUT2D eigenvalue weighted by Crippen LogP contribution is 2.30. The fourth-order valence-electron chi connectivity index (χ4n) is 2.59. The maximum Gasteiger partial charge on any atom is 0.137 e. The molecule has 0 bridgehead atoms. The Hall–Kier alpha value is -1.13. The zero-order valence-electron chi connectivity index (χ0n) is 10.5. The largest absolute Gasteiger partial charge is 0.469 e. The Morgan fingerprint density at radius 2 is 2.26 bits per heavy atom. The van der Waals surface area contributed by atoms with E-state index < -0.39 is 0 Å². The molecule has 1 heterocycles. The number of benzene rings is 1. The Bertz CT molecular complexity index is 581. The summed E-state index contributed by atoms with van der Waals surface area (Å²) in [5.41, 5.74) is 2.21. The molecule has 0 radical (unpaired) electrons. The van der Waals surface area contributed by atoms with Crippen LogP contribution in [0.4, 0.5) is 4.39 Å². The van der Waals surface area contributed by atoms with Gasteiger partial charge in [-0.15, -0.1) is 0 Å². The second kappa shape index (κ2) is 5.47. The van der Waals surface area contributed by atoms with Crippen LogP contribution in [0.25, 0.3) is 0 Å². The Labute approximate surface area is 120 Å². The summed E-state index contributed by atoms with van der Waals surface area (Å²) in [4.78, 5) is 0. The second-order valence-electron chi connectivity index (χ2n) is 4.87. The molecule has 1 N–H and O–H groups in total. The molecule has 1 atom stereocenters. The van der Waals surface area contributed by atoms with E-state index in [0.29, 0.717) is 17.1 Å². The van der Waals surface area contributed by atoms with Gasteiger partial charge in [0.05, 0.1) is 10.7 Å². The van der Waals surface area contributed by atoms with Crippen molar-refractivity contribution in [1.29, 1.82) is 0 Å². The van der Waals surface area contributed by atoms with Gasteiger partial charge in [0.25, 0.3) is 0 Å². The van der Waals surface area contributed by atoms with Crippen molar-refractivity contribution >= 4 is 15.9 Å². The lowest BCUT2D eigenvalue weighted by molar-refractivity contribution is 0.410. The SMILES string of the molecule is Fc1cc(CNC2CCCc3occc32)ccc1Br. The van der Waals surface area contributed by atoms with Gasteiger partial charge in [-0.25, -0.2) is 4.39 Å². The van der Waals surface area contributed by atoms with Gasteiger partial charge in [-0.3, -0.25) is 0 Å². The van der Waals surface area contributed by atoms with Gasteiger partial charge in [-0.05, 0) is 52.5 Å². The van der Waals surface area contributed by atoms with Gasteiger partial charge in [-0.2, -0.15) is 0 Å². The van der Waals surface area contributed by atoms with Gasteiger partial charge >= 0.3 is 0 Å². The number of fused-ring (bicyclic) bond motifs is 1. The van der Waals surface area contributed by atoms with Crippen molar-refractivity contribution < 1.29 is 8.81 Å². The zero-order valence-corrected chi connectivity index (χ0v) is 12.0. The van der Waals surface area contributed by atoms with Crippen LogP contribution in [0.2, 0.25) is 0 Å². The molecule has 1 unspecified atom stereocenters. The van der Waals surface area contributed by atoms with Crippen molar-refractivity contribution in [2.75, 3.05) is 0 Å². The molecular weight excluding hydrogens is 309 g/mol. The first-order chi connectivity index (χ1) is 9.24. The molecule has 3 rings (SSSR count). The quantitative estimate of drug-likeness (QED) is 0.908. The van der Waals surface area contributed by atoms with Crippen LogP contribution >= 0.6 is 15.9 Å². The lowest BCUT2D eigenvalue weighted by Crippen LogP contribution is -2.24. The van der Waals surface area contributed by atoms with Crippen molar-refractivity contribution in [1.82, 2.24) is 5.32 Å². The zero-order chi connectivity index (χ0) is 13.2. The predicted octanol–water partition coefficient (Wildman–Crippen LogP) is 4.35. The van der Waals surface area contributed by atoms with E-state index in [4.69, 9.17) is 4.42 Å². The van der Waals surface area contributed by atoms with Gasteiger partial charge in [0, 0.05) is 24.6 Å². The first-order valence-electron chi connectivity index (χ1n) is 6.47. The van der Waals surface area contributed by atoms with E-state index in [0.717, 1.165) is 30.6 Å². The summed E-state index contributed by atoms with van der Waals surface area (Å²) in [7, 11) is 0. The molecule has 19 heavy (non-hydrogen) atoms. The highest BCUT2D eigenvalue weighted by Gasteiger charge is 2.21. The smallest absolute Gasteiger partial charge is 0.137 e. The number of furan rings is 1. The van der Waals surface area contributed by atoms with E-state index in [2.05, 4.69) is 21.2 Å². The van der Waals surface area contributed by atoms with Crippen LogP contribution in [-0.2, 0) is 13.0 Å². The van der Waals surface area contributed by atoms with E-state index in [9.17, 15) is 4.39 Å². The van der Waals surface area contributed by atoms with Gasteiger partial charge in [0.2, 0.25) is 0 Å². The molecular formula is C15H15BrFNO. The van der Waals surface area contributed by atoms with Crippen molar-refractivity contribution in [3.8, 4) is 0 Å². The third-order valence-corrected chi connectivity index (χ3v) is 4.23. The monoisotopic (exact) mass is 323 g/mol. The molecule has 1 aliphatic rings. The Kier molecular flexibility index (Phi) is 3.71. The van der Waals surface area contributed by atoms with E-state index >= 15 is 0 Å². The molecule has 0 spiro atoms. The normalized spacial score (nSPS) is 18.3. The minimum atomic E-state index is -0.216. The maximum absolute atomic E-state index is 13.4. The molecule has 0 fully saturated rings. The number of aryl methyl sites for hydroxylation is 1. The van der Waals surface area contributed by atoms with Crippen molar-refractivity contribution in [3.63, 3.8) is 0 Å². The van der Waals surface area contributed by atoms with Crippen molar-refractivity contribution in [2.24, 2.45) is 0 Å². The Morgan fingerprint density at radius 3 is 3.11 bits per heavy atom. The standard InChI is InChI=1S/C15H15BrFNO/c16-12-5-4-10(8-13(12)17)9-18-14-2-1-3-15-11(14)6-7-19-15/h4-8,14,18H,1-3,9H2. The summed E-state index contributed by atoms with van der Waals surface area (Å²) >= 11 is 3.17. The van der Waals surface area contributed by atoms with E-state index in [-0.39, 0.29) is 5.82 Å². The highest BCUT2D eigenvalue weighted by atomic mass is 79.9. The average Bonchev–Trinajstić information content (AvgIpc) is 2.89. The van der Waals surface area contributed by atoms with Crippen molar-refractivity contribution in [2.45, 2.75) is 31.8 Å². The van der Waals surface area contributed by atoms with E-state index in [1.54, 1.807) is 18.4 Å². The van der Waals surface area contributed by atoms with Crippen LogP contribution in [0.1, 0.15) is 35.8 Å². The second-order valence-corrected chi connectivity index (χ2v) is 5.73. The van der Waals surface area contributed by atoms with Crippen LogP contribution < -0.4 is 5.32 Å². The summed E-state index contributed by atoms with van der Waals surface area (Å²) in [5, 5.41) is 3.48. The fraction of sp³-hybridized carbons (Fsp3) is 0.333. The molecule has 0 saturated heterocycles. The van der Waals surface area contributed by atoms with E-state index in [1.807, 2.05) is 12.1 Å². The number of hydrogen-bond donors (Lipinski definition) is 1. The highest BCUT2D eigenvalue weighted by molar-refractivity contribution is 9.10. The third kappa shape index (κ3) is 2.74. The molecule has 1 aromatic heterocycles. The van der Waals surface area contributed by atoms with Crippen LogP contribution in [0.3, 0.4) is 0 Å². The van der Waals surface area contributed by atoms with E-state index in [1.165, 1.54) is 5.56 Å². The lowest BCUT2D eigenvalue weighted by Gasteiger charge is -2.22. The number of nitrogens with one attached hydrogen (secondary N) is 1. The molecule has 100 valence electrons. The minimum Gasteiger partial charge on any atom is -0.469 e. The van der Waals surface area contributed by atoms with Gasteiger partial charge in [0.1, 0.15) is 11.6 Å². The third-order valence-electron chi connectivity index (χ3n) is 3.59. The van der Waals surface area contributed by atoms with Gasteiger partial charge in [0.15, 0.2) is 0 Å². The molecule has 2 nitrogen and oxygen atoms in total. The molecule has 1 aromatic carbocycles. The first kappa shape index (κ1) is 12.9. The Balaban J connectivity index is 1.69. The predicted molar refractivity (Wildman–Crippen MR) is 75.3 cm³/mol. The fourth-order valence-corrected chi connectivity index (χ4v) is 2.84. The summed E-state index contributed by atoms with van der Waals surface area (Å²) in [6, 6.07) is 7.59. The summed E-state index contributed by atoms with van der Waals surface area (Å²) in [6.45, 7) is 0.666. The molecule has 0 aliphatic heterocycles. The first-order valence-corrected chi connectivity index (χ1v) is 7.27. The summed E-state index contributed by atoms with van der Waals surface area (Å²) < 4.78 is 19.4. The molecule has 0 saturated carbocycles. The number of rotatable bonds is 3. The molecule has 4 heteroatoms. The van der Waals surface area contributed by atoms with Gasteiger partial charge in [-0.1, -0.05) is 6.07 Å². The Morgan fingerprint density at radius 1 is 1.37 bits per heavy atom. The van der Waals surface area contributed by atoms with Crippen LogP contribution in [0.15, 0.2) is 39.4 Å². The maximum atomic E-state index is 13.4. The topological polar surface area (TPSA) is 25.2 Å². The molecule has 1 aliphatic carbocycles. The lowest BCUT2D eigenvalue weighted by atomic mass is 9.93. The van der Waals surface area contributed by atoms with Crippen LogP contribution in [0.5, 0.6) is 0 Å². The number of halogens is 2. The molecule has 0 amide bonds. The van der Waals surface area contributed by atoms with Crippen LogP contribution in [-0.4, -0.2) is 0 Å². The number of hydrogen-bond acceptors (Lipinski definition) is 2. The van der Waals surface area contributed by atoms with Crippen LogP contribution in [0, 0.1) is 5.82 Å². The molecule has 2 aromatic rings. The summed E-state index contributed by atoms with van der Waals surface area (Å²) in [5.74, 6) is 0.873. The van der Waals surface area contributed by atoms with Gasteiger partial charge < -0.3 is 9.73 Å². The van der Waals surface area contributed by atoms with Crippen molar-refractivity contribution in [3.05, 3.63) is 57.7 Å². The average molecular weight is 324 g/mol. The minimum absolute atomic E-state index is 0.216. The summed E-state index contributed by atoms with van der Waals surface area (Å²) in [6.07, 6.45) is 5.01.